The number of hydrogen-bond donors (Lipinski definition) is 1. The van der Waals surface area contributed by atoms with Crippen LogP contribution in [0.15, 0.2) is 24.3 Å². The van der Waals surface area contributed by atoms with Crippen molar-refractivity contribution < 1.29 is 4.79 Å². The largest absolute Gasteiger partial charge is 0.369 e. The van der Waals surface area contributed by atoms with Gasteiger partial charge in [0.1, 0.15) is 0 Å². The van der Waals surface area contributed by atoms with Crippen molar-refractivity contribution in [3.63, 3.8) is 0 Å². The Morgan fingerprint density at radius 1 is 1.15 bits per heavy atom. The predicted octanol–water partition coefficient (Wildman–Crippen LogP) is 2.03. The minimum Gasteiger partial charge on any atom is -0.369 e. The summed E-state index contributed by atoms with van der Waals surface area (Å²) in [5, 5.41) is 3.01. The van der Waals surface area contributed by atoms with Crippen LogP contribution in [0.2, 0.25) is 0 Å². The van der Waals surface area contributed by atoms with Crippen LogP contribution in [0.3, 0.4) is 0 Å². The Morgan fingerprint density at radius 2 is 1.75 bits per heavy atom. The van der Waals surface area contributed by atoms with E-state index in [9.17, 15) is 4.79 Å². The standard InChI is InChI=1S/C16H23N3O/c1-12-11-15(12)16(20)17-13-3-5-14(6-4-13)19-9-7-18(2)8-10-19/h3-6,12,15H,7-11H2,1-2H3,(H,17,20). The Bertz CT molecular complexity index is 477. The number of nitrogens with zero attached hydrogens (tertiary/aromatic N) is 2. The number of amides is 1. The molecule has 1 amide bonds. The van der Waals surface area contributed by atoms with Crippen molar-refractivity contribution in [1.29, 1.82) is 0 Å². The van der Waals surface area contributed by atoms with Crippen LogP contribution >= 0.6 is 0 Å². The molecule has 2 aliphatic rings. The molecule has 2 unspecified atom stereocenters. The van der Waals surface area contributed by atoms with E-state index in [0.717, 1.165) is 38.3 Å². The van der Waals surface area contributed by atoms with Crippen molar-refractivity contribution in [2.75, 3.05) is 43.4 Å². The van der Waals surface area contributed by atoms with E-state index in [2.05, 4.69) is 41.2 Å². The summed E-state index contributed by atoms with van der Waals surface area (Å²) in [6.07, 6.45) is 1.03. The highest BCUT2D eigenvalue weighted by molar-refractivity contribution is 5.94. The molecule has 108 valence electrons. The lowest BCUT2D eigenvalue weighted by Gasteiger charge is -2.34. The number of hydrogen-bond acceptors (Lipinski definition) is 3. The van der Waals surface area contributed by atoms with Gasteiger partial charge in [-0.1, -0.05) is 6.92 Å². The molecule has 2 fully saturated rings. The zero-order chi connectivity index (χ0) is 14.1. The number of nitrogens with one attached hydrogen (secondary N) is 1. The molecule has 3 rings (SSSR count). The summed E-state index contributed by atoms with van der Waals surface area (Å²) in [6, 6.07) is 8.24. The summed E-state index contributed by atoms with van der Waals surface area (Å²) in [4.78, 5) is 16.6. The van der Waals surface area contributed by atoms with Crippen LogP contribution in [0.25, 0.3) is 0 Å². The minimum absolute atomic E-state index is 0.171. The van der Waals surface area contributed by atoms with Gasteiger partial charge in [0, 0.05) is 43.5 Å². The molecule has 20 heavy (non-hydrogen) atoms. The first-order valence-electron chi connectivity index (χ1n) is 7.48. The summed E-state index contributed by atoms with van der Waals surface area (Å²) in [6.45, 7) is 6.49. The van der Waals surface area contributed by atoms with Crippen LogP contribution in [0.1, 0.15) is 13.3 Å². The molecule has 1 aromatic carbocycles. The molecule has 2 atom stereocenters. The summed E-state index contributed by atoms with van der Waals surface area (Å²) in [7, 11) is 2.16. The number of benzene rings is 1. The highest BCUT2D eigenvalue weighted by Crippen LogP contribution is 2.38. The monoisotopic (exact) mass is 273 g/mol. The van der Waals surface area contributed by atoms with Gasteiger partial charge in [-0.25, -0.2) is 0 Å². The summed E-state index contributed by atoms with van der Waals surface area (Å²) in [5.74, 6) is 0.955. The summed E-state index contributed by atoms with van der Waals surface area (Å²) in [5.41, 5.74) is 2.16. The number of carbonyl (C=O) groups excluding carboxylic acids is 1. The second-order valence-electron chi connectivity index (χ2n) is 6.15. The number of anilines is 2. The third-order valence-electron chi connectivity index (χ3n) is 4.45. The molecule has 1 aromatic rings. The Hall–Kier alpha value is -1.55. The van der Waals surface area contributed by atoms with Gasteiger partial charge in [0.2, 0.25) is 5.91 Å². The third kappa shape index (κ3) is 2.96. The Balaban J connectivity index is 1.58. The maximum Gasteiger partial charge on any atom is 0.227 e. The lowest BCUT2D eigenvalue weighted by molar-refractivity contribution is -0.117. The van der Waals surface area contributed by atoms with Crippen LogP contribution in [-0.2, 0) is 4.79 Å². The molecule has 1 heterocycles. The van der Waals surface area contributed by atoms with Crippen LogP contribution in [0, 0.1) is 11.8 Å². The molecule has 1 saturated carbocycles. The quantitative estimate of drug-likeness (QED) is 0.915. The SMILES string of the molecule is CC1CC1C(=O)Nc1ccc(N2CCN(C)CC2)cc1. The van der Waals surface area contributed by atoms with Gasteiger partial charge < -0.3 is 15.1 Å². The van der Waals surface area contributed by atoms with Gasteiger partial charge >= 0.3 is 0 Å². The van der Waals surface area contributed by atoms with E-state index in [1.807, 2.05) is 12.1 Å². The fourth-order valence-electron chi connectivity index (χ4n) is 2.74. The van der Waals surface area contributed by atoms with Gasteiger partial charge in [-0.3, -0.25) is 4.79 Å². The zero-order valence-corrected chi connectivity index (χ0v) is 12.3. The fraction of sp³-hybridized carbons (Fsp3) is 0.562. The van der Waals surface area contributed by atoms with Gasteiger partial charge in [0.25, 0.3) is 0 Å². The smallest absolute Gasteiger partial charge is 0.227 e. The van der Waals surface area contributed by atoms with E-state index in [4.69, 9.17) is 0 Å². The van der Waals surface area contributed by atoms with Gasteiger partial charge in [-0.15, -0.1) is 0 Å². The molecule has 0 aromatic heterocycles. The fourth-order valence-corrected chi connectivity index (χ4v) is 2.74. The Labute approximate surface area is 120 Å². The molecule has 1 aliphatic heterocycles. The average Bonchev–Trinajstić information content (AvgIpc) is 3.18. The van der Waals surface area contributed by atoms with Crippen molar-refractivity contribution in [2.45, 2.75) is 13.3 Å². The maximum absolute atomic E-state index is 11.9. The third-order valence-corrected chi connectivity index (χ3v) is 4.45. The molecular formula is C16H23N3O. The Kier molecular flexibility index (Phi) is 3.66. The van der Waals surface area contributed by atoms with E-state index >= 15 is 0 Å². The van der Waals surface area contributed by atoms with E-state index < -0.39 is 0 Å². The second kappa shape index (κ2) is 5.44. The van der Waals surface area contributed by atoms with Crippen LogP contribution in [-0.4, -0.2) is 44.0 Å². The minimum atomic E-state index is 0.171. The van der Waals surface area contributed by atoms with E-state index in [1.165, 1.54) is 5.69 Å². The van der Waals surface area contributed by atoms with Crippen LogP contribution < -0.4 is 10.2 Å². The van der Waals surface area contributed by atoms with Crippen molar-refractivity contribution in [3.05, 3.63) is 24.3 Å². The highest BCUT2D eigenvalue weighted by Gasteiger charge is 2.39. The van der Waals surface area contributed by atoms with Crippen LogP contribution in [0.5, 0.6) is 0 Å². The number of rotatable bonds is 3. The molecule has 0 spiro atoms. The lowest BCUT2D eigenvalue weighted by Crippen LogP contribution is -2.44. The zero-order valence-electron chi connectivity index (χ0n) is 12.3. The van der Waals surface area contributed by atoms with Crippen molar-refractivity contribution in [1.82, 2.24) is 4.90 Å². The molecule has 4 nitrogen and oxygen atoms in total. The maximum atomic E-state index is 11.9. The van der Waals surface area contributed by atoms with Crippen molar-refractivity contribution >= 4 is 17.3 Å². The second-order valence-corrected chi connectivity index (χ2v) is 6.15. The van der Waals surface area contributed by atoms with Gasteiger partial charge in [-0.2, -0.15) is 0 Å². The average molecular weight is 273 g/mol. The first-order chi connectivity index (χ1) is 9.63. The number of piperazine rings is 1. The van der Waals surface area contributed by atoms with Gasteiger partial charge in [-0.05, 0) is 43.7 Å². The highest BCUT2D eigenvalue weighted by atomic mass is 16.2. The first kappa shape index (κ1) is 13.4. The van der Waals surface area contributed by atoms with E-state index in [0.29, 0.717) is 5.92 Å². The van der Waals surface area contributed by atoms with Crippen molar-refractivity contribution in [3.8, 4) is 0 Å². The lowest BCUT2D eigenvalue weighted by atomic mass is 10.2. The van der Waals surface area contributed by atoms with Gasteiger partial charge in [0.15, 0.2) is 0 Å². The number of likely N-dealkylation sites (N-methyl/N-ethyl adjacent to an activating group) is 1. The first-order valence-corrected chi connectivity index (χ1v) is 7.48. The molecule has 1 aliphatic carbocycles. The van der Waals surface area contributed by atoms with Gasteiger partial charge in [0.05, 0.1) is 0 Å². The Morgan fingerprint density at radius 3 is 2.30 bits per heavy atom. The predicted molar refractivity (Wildman–Crippen MR) is 82.1 cm³/mol. The summed E-state index contributed by atoms with van der Waals surface area (Å²) < 4.78 is 0. The molecule has 4 heteroatoms. The normalized spacial score (nSPS) is 26.4. The molecular weight excluding hydrogens is 250 g/mol. The molecule has 0 bridgehead atoms. The summed E-state index contributed by atoms with van der Waals surface area (Å²) >= 11 is 0. The van der Waals surface area contributed by atoms with E-state index in [1.54, 1.807) is 0 Å². The van der Waals surface area contributed by atoms with Crippen molar-refractivity contribution in [2.24, 2.45) is 11.8 Å². The molecule has 1 saturated heterocycles. The number of carbonyl (C=O) groups is 1. The topological polar surface area (TPSA) is 35.6 Å². The molecule has 1 N–H and O–H groups in total. The van der Waals surface area contributed by atoms with Crippen LogP contribution in [0.4, 0.5) is 11.4 Å². The van der Waals surface area contributed by atoms with E-state index in [-0.39, 0.29) is 11.8 Å². The molecule has 0 radical (unpaired) electrons.